The highest BCUT2D eigenvalue weighted by Crippen LogP contribution is 2.12. The van der Waals surface area contributed by atoms with Crippen LogP contribution in [0, 0.1) is 6.92 Å². The zero-order valence-corrected chi connectivity index (χ0v) is 11.3. The summed E-state index contributed by atoms with van der Waals surface area (Å²) in [6, 6.07) is 12.6. The van der Waals surface area contributed by atoms with Gasteiger partial charge in [0, 0.05) is 17.1 Å². The number of carbonyl (C=O) groups excluding carboxylic acids is 1. The SMILES string of the molecule is Cc1cc(NC(=O)c2ccc3ccccc3n2)nc(=O)[nH]1. The lowest BCUT2D eigenvalue weighted by Crippen LogP contribution is -2.19. The number of aryl methyl sites for hydroxylation is 1. The molecule has 21 heavy (non-hydrogen) atoms. The molecule has 1 aromatic carbocycles. The Kier molecular flexibility index (Phi) is 3.19. The third-order valence-electron chi connectivity index (χ3n) is 2.95. The lowest BCUT2D eigenvalue weighted by Gasteiger charge is -2.05. The molecule has 2 heterocycles. The van der Waals surface area contributed by atoms with Gasteiger partial charge in [0.1, 0.15) is 11.5 Å². The number of nitrogens with zero attached hydrogens (tertiary/aromatic N) is 2. The van der Waals surface area contributed by atoms with Crippen molar-refractivity contribution in [1.29, 1.82) is 0 Å². The maximum Gasteiger partial charge on any atom is 0.347 e. The summed E-state index contributed by atoms with van der Waals surface area (Å²) in [6.07, 6.45) is 0. The molecule has 6 heteroatoms. The highest BCUT2D eigenvalue weighted by atomic mass is 16.2. The predicted molar refractivity (Wildman–Crippen MR) is 79.3 cm³/mol. The fraction of sp³-hybridized carbons (Fsp3) is 0.0667. The van der Waals surface area contributed by atoms with E-state index in [-0.39, 0.29) is 11.5 Å². The molecule has 0 saturated carbocycles. The standard InChI is InChI=1S/C15H12N4O2/c1-9-8-13(19-15(21)16-9)18-14(20)12-7-6-10-4-2-3-5-11(10)17-12/h2-8H,1H3,(H2,16,18,19,20,21). The maximum atomic E-state index is 12.2. The van der Waals surface area contributed by atoms with Gasteiger partial charge in [-0.2, -0.15) is 4.98 Å². The second-order valence-electron chi connectivity index (χ2n) is 4.60. The molecule has 6 nitrogen and oxygen atoms in total. The van der Waals surface area contributed by atoms with Gasteiger partial charge in [0.2, 0.25) is 0 Å². The molecule has 1 amide bonds. The Morgan fingerprint density at radius 1 is 1.14 bits per heavy atom. The largest absolute Gasteiger partial charge is 0.347 e. The van der Waals surface area contributed by atoms with Crippen LogP contribution in [0.5, 0.6) is 0 Å². The van der Waals surface area contributed by atoms with Crippen molar-refractivity contribution in [2.45, 2.75) is 6.92 Å². The van der Waals surface area contributed by atoms with E-state index in [0.29, 0.717) is 5.69 Å². The van der Waals surface area contributed by atoms with Crippen LogP contribution in [0.2, 0.25) is 0 Å². The van der Waals surface area contributed by atoms with Crippen molar-refractivity contribution in [3.05, 3.63) is 64.3 Å². The second-order valence-corrected chi connectivity index (χ2v) is 4.60. The van der Waals surface area contributed by atoms with Crippen LogP contribution in [-0.4, -0.2) is 20.9 Å². The highest BCUT2D eigenvalue weighted by molar-refractivity contribution is 6.03. The minimum atomic E-state index is -0.503. The van der Waals surface area contributed by atoms with Gasteiger partial charge < -0.3 is 10.3 Å². The summed E-state index contributed by atoms with van der Waals surface area (Å²) in [6.45, 7) is 1.72. The van der Waals surface area contributed by atoms with E-state index >= 15 is 0 Å². The zero-order valence-electron chi connectivity index (χ0n) is 11.3. The van der Waals surface area contributed by atoms with Crippen molar-refractivity contribution in [1.82, 2.24) is 15.0 Å². The van der Waals surface area contributed by atoms with Gasteiger partial charge in [0.05, 0.1) is 5.52 Å². The number of fused-ring (bicyclic) bond motifs is 1. The molecule has 2 N–H and O–H groups in total. The fourth-order valence-corrected chi connectivity index (χ4v) is 2.02. The number of pyridine rings is 1. The van der Waals surface area contributed by atoms with E-state index in [1.807, 2.05) is 30.3 Å². The third kappa shape index (κ3) is 2.79. The fourth-order valence-electron chi connectivity index (χ4n) is 2.02. The molecular weight excluding hydrogens is 268 g/mol. The van der Waals surface area contributed by atoms with Crippen LogP contribution in [0.15, 0.2) is 47.3 Å². The monoisotopic (exact) mass is 280 g/mol. The van der Waals surface area contributed by atoms with Crippen LogP contribution >= 0.6 is 0 Å². The minimum Gasteiger partial charge on any atom is -0.310 e. The number of benzene rings is 1. The molecule has 104 valence electrons. The number of hydrogen-bond donors (Lipinski definition) is 2. The Morgan fingerprint density at radius 2 is 1.95 bits per heavy atom. The van der Waals surface area contributed by atoms with E-state index in [2.05, 4.69) is 20.3 Å². The van der Waals surface area contributed by atoms with E-state index in [1.165, 1.54) is 0 Å². The number of rotatable bonds is 2. The molecule has 0 aliphatic heterocycles. The summed E-state index contributed by atoms with van der Waals surface area (Å²) in [4.78, 5) is 33.9. The summed E-state index contributed by atoms with van der Waals surface area (Å²) < 4.78 is 0. The molecule has 0 unspecified atom stereocenters. The van der Waals surface area contributed by atoms with Crippen molar-refractivity contribution < 1.29 is 4.79 Å². The second kappa shape index (κ2) is 5.16. The third-order valence-corrected chi connectivity index (χ3v) is 2.95. The van der Waals surface area contributed by atoms with Gasteiger partial charge in [0.15, 0.2) is 0 Å². The van der Waals surface area contributed by atoms with Crippen LogP contribution in [0.4, 0.5) is 5.82 Å². The molecule has 0 fully saturated rings. The number of aromatic amines is 1. The number of aromatic nitrogens is 3. The number of nitrogens with one attached hydrogen (secondary N) is 2. The van der Waals surface area contributed by atoms with E-state index in [9.17, 15) is 9.59 Å². The molecule has 0 aliphatic rings. The van der Waals surface area contributed by atoms with E-state index < -0.39 is 11.6 Å². The number of anilines is 1. The Hall–Kier alpha value is -3.02. The van der Waals surface area contributed by atoms with Crippen molar-refractivity contribution >= 4 is 22.6 Å². The molecule has 0 atom stereocenters. The van der Waals surface area contributed by atoms with Crippen molar-refractivity contribution in [2.24, 2.45) is 0 Å². The Bertz CT molecular complexity index is 886. The van der Waals surface area contributed by atoms with Gasteiger partial charge in [-0.3, -0.25) is 4.79 Å². The van der Waals surface area contributed by atoms with Crippen LogP contribution in [0.3, 0.4) is 0 Å². The Morgan fingerprint density at radius 3 is 2.76 bits per heavy atom. The number of amides is 1. The maximum absolute atomic E-state index is 12.2. The van der Waals surface area contributed by atoms with Crippen molar-refractivity contribution in [2.75, 3.05) is 5.32 Å². The van der Waals surface area contributed by atoms with Crippen molar-refractivity contribution in [3.8, 4) is 0 Å². The first-order valence-corrected chi connectivity index (χ1v) is 6.37. The summed E-state index contributed by atoms with van der Waals surface area (Å²) in [5.41, 5.74) is 1.13. The lowest BCUT2D eigenvalue weighted by molar-refractivity contribution is 0.102. The lowest BCUT2D eigenvalue weighted by atomic mass is 10.2. The molecule has 0 radical (unpaired) electrons. The molecule has 0 spiro atoms. The van der Waals surface area contributed by atoms with Gasteiger partial charge in [-0.1, -0.05) is 24.3 Å². The molecule has 3 rings (SSSR count). The van der Waals surface area contributed by atoms with Crippen LogP contribution in [0.25, 0.3) is 10.9 Å². The topological polar surface area (TPSA) is 87.7 Å². The van der Waals surface area contributed by atoms with Crippen LogP contribution in [-0.2, 0) is 0 Å². The number of hydrogen-bond acceptors (Lipinski definition) is 4. The van der Waals surface area contributed by atoms with Gasteiger partial charge in [-0.15, -0.1) is 0 Å². The summed E-state index contributed by atoms with van der Waals surface area (Å²) in [7, 11) is 0. The Labute approximate surface area is 119 Å². The Balaban J connectivity index is 1.91. The first kappa shape index (κ1) is 13.0. The first-order chi connectivity index (χ1) is 10.1. The number of carbonyl (C=O) groups is 1. The van der Waals surface area contributed by atoms with Gasteiger partial charge in [-0.25, -0.2) is 9.78 Å². The number of para-hydroxylation sites is 1. The van der Waals surface area contributed by atoms with Crippen LogP contribution in [0.1, 0.15) is 16.2 Å². The summed E-state index contributed by atoms with van der Waals surface area (Å²) >= 11 is 0. The average molecular weight is 280 g/mol. The molecule has 0 bridgehead atoms. The van der Waals surface area contributed by atoms with Crippen molar-refractivity contribution in [3.63, 3.8) is 0 Å². The number of H-pyrrole nitrogens is 1. The smallest absolute Gasteiger partial charge is 0.310 e. The first-order valence-electron chi connectivity index (χ1n) is 6.37. The molecule has 0 aliphatic carbocycles. The zero-order chi connectivity index (χ0) is 14.8. The summed E-state index contributed by atoms with van der Waals surface area (Å²) in [5, 5.41) is 3.53. The average Bonchev–Trinajstić information content (AvgIpc) is 2.45. The molecular formula is C15H12N4O2. The van der Waals surface area contributed by atoms with Gasteiger partial charge >= 0.3 is 5.69 Å². The predicted octanol–water partition coefficient (Wildman–Crippen LogP) is 1.88. The molecule has 2 aromatic heterocycles. The van der Waals surface area contributed by atoms with Gasteiger partial charge in [0.25, 0.3) is 5.91 Å². The highest BCUT2D eigenvalue weighted by Gasteiger charge is 2.10. The quantitative estimate of drug-likeness (QED) is 0.750. The van der Waals surface area contributed by atoms with Crippen LogP contribution < -0.4 is 11.0 Å². The normalized spacial score (nSPS) is 10.5. The van der Waals surface area contributed by atoms with Gasteiger partial charge in [-0.05, 0) is 19.1 Å². The minimum absolute atomic E-state index is 0.205. The molecule has 0 saturated heterocycles. The van der Waals surface area contributed by atoms with E-state index in [4.69, 9.17) is 0 Å². The van der Waals surface area contributed by atoms with E-state index in [1.54, 1.807) is 19.1 Å². The van der Waals surface area contributed by atoms with E-state index in [0.717, 1.165) is 10.9 Å². The molecule has 3 aromatic rings. The summed E-state index contributed by atoms with van der Waals surface area (Å²) in [5.74, 6) is -0.200.